The molecule has 0 saturated heterocycles. The van der Waals surface area contributed by atoms with Crippen molar-refractivity contribution in [3.8, 4) is 0 Å². The van der Waals surface area contributed by atoms with Crippen molar-refractivity contribution in [2.75, 3.05) is 32.8 Å². The second-order valence-corrected chi connectivity index (χ2v) is 5.10. The molecule has 17 heavy (non-hydrogen) atoms. The van der Waals surface area contributed by atoms with Crippen LogP contribution in [0.25, 0.3) is 0 Å². The average molecular weight is 244 g/mol. The number of nitrogens with zero attached hydrogens (tertiary/aromatic N) is 1. The van der Waals surface area contributed by atoms with Crippen LogP contribution in [0.3, 0.4) is 0 Å². The number of ether oxygens (including phenoxy) is 1. The topological polar surface area (TPSA) is 24.5 Å². The molecular formula is C14H32N2O. The van der Waals surface area contributed by atoms with Crippen LogP contribution in [0.5, 0.6) is 0 Å². The molecule has 0 aromatic carbocycles. The molecule has 104 valence electrons. The fourth-order valence-electron chi connectivity index (χ4n) is 2.02. The molecule has 0 unspecified atom stereocenters. The SMILES string of the molecule is CCNCCCCOCCN(C(C)C)C(C)C. The molecule has 0 fully saturated rings. The van der Waals surface area contributed by atoms with Crippen LogP contribution in [-0.2, 0) is 4.74 Å². The van der Waals surface area contributed by atoms with E-state index in [1.165, 1.54) is 6.42 Å². The Bertz CT molecular complexity index is 152. The van der Waals surface area contributed by atoms with E-state index in [0.29, 0.717) is 12.1 Å². The third-order valence-corrected chi connectivity index (χ3v) is 2.96. The lowest BCUT2D eigenvalue weighted by Crippen LogP contribution is -2.39. The third-order valence-electron chi connectivity index (χ3n) is 2.96. The van der Waals surface area contributed by atoms with Gasteiger partial charge in [-0.25, -0.2) is 0 Å². The molecular weight excluding hydrogens is 212 g/mol. The van der Waals surface area contributed by atoms with Gasteiger partial charge in [0, 0.05) is 25.2 Å². The van der Waals surface area contributed by atoms with Crippen LogP contribution in [0.1, 0.15) is 47.5 Å². The molecule has 0 atom stereocenters. The predicted octanol–water partition coefficient (Wildman–Crippen LogP) is 2.51. The highest BCUT2D eigenvalue weighted by atomic mass is 16.5. The highest BCUT2D eigenvalue weighted by Crippen LogP contribution is 2.04. The van der Waals surface area contributed by atoms with E-state index < -0.39 is 0 Å². The van der Waals surface area contributed by atoms with E-state index in [2.05, 4.69) is 44.8 Å². The summed E-state index contributed by atoms with van der Waals surface area (Å²) in [4.78, 5) is 2.47. The summed E-state index contributed by atoms with van der Waals surface area (Å²) in [5.41, 5.74) is 0. The van der Waals surface area contributed by atoms with Crippen LogP contribution in [0.4, 0.5) is 0 Å². The first kappa shape index (κ1) is 16.9. The van der Waals surface area contributed by atoms with E-state index in [0.717, 1.165) is 39.3 Å². The van der Waals surface area contributed by atoms with Gasteiger partial charge in [-0.3, -0.25) is 4.90 Å². The Morgan fingerprint density at radius 3 is 2.18 bits per heavy atom. The van der Waals surface area contributed by atoms with Crippen molar-refractivity contribution in [1.82, 2.24) is 10.2 Å². The maximum atomic E-state index is 5.68. The van der Waals surface area contributed by atoms with Crippen molar-refractivity contribution in [2.45, 2.75) is 59.5 Å². The smallest absolute Gasteiger partial charge is 0.0593 e. The Morgan fingerprint density at radius 1 is 1.00 bits per heavy atom. The summed E-state index contributed by atoms with van der Waals surface area (Å²) in [7, 11) is 0. The van der Waals surface area contributed by atoms with Gasteiger partial charge in [-0.1, -0.05) is 6.92 Å². The Labute approximate surface area is 108 Å². The molecule has 3 nitrogen and oxygen atoms in total. The molecule has 0 saturated carbocycles. The number of hydrogen-bond acceptors (Lipinski definition) is 3. The summed E-state index contributed by atoms with van der Waals surface area (Å²) in [5.74, 6) is 0. The average Bonchev–Trinajstić information content (AvgIpc) is 2.26. The molecule has 3 heteroatoms. The first-order valence-electron chi connectivity index (χ1n) is 7.13. The van der Waals surface area contributed by atoms with Crippen molar-refractivity contribution in [1.29, 1.82) is 0 Å². The summed E-state index contributed by atoms with van der Waals surface area (Å²) in [6.45, 7) is 16.1. The quantitative estimate of drug-likeness (QED) is 0.565. The van der Waals surface area contributed by atoms with Crippen LogP contribution in [0.15, 0.2) is 0 Å². The molecule has 0 aromatic heterocycles. The largest absolute Gasteiger partial charge is 0.380 e. The van der Waals surface area contributed by atoms with Crippen LogP contribution in [-0.4, -0.2) is 49.8 Å². The Balaban J connectivity index is 3.37. The lowest BCUT2D eigenvalue weighted by atomic mass is 10.2. The normalized spacial score (nSPS) is 12.0. The highest BCUT2D eigenvalue weighted by molar-refractivity contribution is 4.66. The fraction of sp³-hybridized carbons (Fsp3) is 1.00. The van der Waals surface area contributed by atoms with Gasteiger partial charge >= 0.3 is 0 Å². The van der Waals surface area contributed by atoms with Gasteiger partial charge in [-0.05, 0) is 53.6 Å². The van der Waals surface area contributed by atoms with E-state index in [-0.39, 0.29) is 0 Å². The minimum absolute atomic E-state index is 0.604. The predicted molar refractivity (Wildman–Crippen MR) is 75.6 cm³/mol. The number of unbranched alkanes of at least 4 members (excludes halogenated alkanes) is 1. The van der Waals surface area contributed by atoms with Crippen molar-refractivity contribution >= 4 is 0 Å². The van der Waals surface area contributed by atoms with Gasteiger partial charge in [0.2, 0.25) is 0 Å². The molecule has 0 aliphatic carbocycles. The number of hydrogen-bond donors (Lipinski definition) is 1. The van der Waals surface area contributed by atoms with Gasteiger partial charge < -0.3 is 10.1 Å². The Kier molecular flexibility index (Phi) is 10.9. The summed E-state index contributed by atoms with van der Waals surface area (Å²) in [6, 6.07) is 1.21. The third kappa shape index (κ3) is 9.57. The van der Waals surface area contributed by atoms with E-state index in [1.54, 1.807) is 0 Å². The zero-order valence-corrected chi connectivity index (χ0v) is 12.5. The molecule has 0 aromatic rings. The molecule has 0 heterocycles. The van der Waals surface area contributed by atoms with E-state index >= 15 is 0 Å². The van der Waals surface area contributed by atoms with E-state index in [1.807, 2.05) is 0 Å². The standard InChI is InChI=1S/C14H32N2O/c1-6-15-9-7-8-11-17-12-10-16(13(2)3)14(4)5/h13-15H,6-12H2,1-5H3. The number of rotatable bonds is 11. The first-order chi connectivity index (χ1) is 8.09. The van der Waals surface area contributed by atoms with Crippen molar-refractivity contribution in [3.63, 3.8) is 0 Å². The van der Waals surface area contributed by atoms with Crippen LogP contribution >= 0.6 is 0 Å². The van der Waals surface area contributed by atoms with Crippen molar-refractivity contribution in [2.24, 2.45) is 0 Å². The maximum absolute atomic E-state index is 5.68. The summed E-state index contributed by atoms with van der Waals surface area (Å²) < 4.78 is 5.68. The fourth-order valence-corrected chi connectivity index (χ4v) is 2.02. The van der Waals surface area contributed by atoms with Crippen LogP contribution < -0.4 is 5.32 Å². The second kappa shape index (κ2) is 11.0. The maximum Gasteiger partial charge on any atom is 0.0593 e. The van der Waals surface area contributed by atoms with E-state index in [4.69, 9.17) is 4.74 Å². The van der Waals surface area contributed by atoms with Gasteiger partial charge in [0.1, 0.15) is 0 Å². The van der Waals surface area contributed by atoms with Crippen LogP contribution in [0, 0.1) is 0 Å². The van der Waals surface area contributed by atoms with Gasteiger partial charge in [-0.2, -0.15) is 0 Å². The molecule has 0 bridgehead atoms. The zero-order valence-electron chi connectivity index (χ0n) is 12.5. The summed E-state index contributed by atoms with van der Waals surface area (Å²) >= 11 is 0. The van der Waals surface area contributed by atoms with E-state index in [9.17, 15) is 0 Å². The lowest BCUT2D eigenvalue weighted by molar-refractivity contribution is 0.0767. The first-order valence-corrected chi connectivity index (χ1v) is 7.13. The van der Waals surface area contributed by atoms with Crippen molar-refractivity contribution < 1.29 is 4.74 Å². The van der Waals surface area contributed by atoms with Gasteiger partial charge in [-0.15, -0.1) is 0 Å². The van der Waals surface area contributed by atoms with Gasteiger partial charge in [0.05, 0.1) is 6.61 Å². The molecule has 0 aliphatic rings. The summed E-state index contributed by atoms with van der Waals surface area (Å²) in [6.07, 6.45) is 2.38. The number of nitrogens with one attached hydrogen (secondary N) is 1. The highest BCUT2D eigenvalue weighted by Gasteiger charge is 2.12. The Morgan fingerprint density at radius 2 is 1.65 bits per heavy atom. The zero-order chi connectivity index (χ0) is 13.1. The lowest BCUT2D eigenvalue weighted by Gasteiger charge is -2.30. The van der Waals surface area contributed by atoms with Crippen LogP contribution in [0.2, 0.25) is 0 Å². The minimum Gasteiger partial charge on any atom is -0.380 e. The Hall–Kier alpha value is -0.120. The molecule has 0 spiro atoms. The second-order valence-electron chi connectivity index (χ2n) is 5.10. The molecule has 1 N–H and O–H groups in total. The minimum atomic E-state index is 0.604. The van der Waals surface area contributed by atoms with Gasteiger partial charge in [0.15, 0.2) is 0 Å². The molecule has 0 aliphatic heterocycles. The molecule has 0 amide bonds. The van der Waals surface area contributed by atoms with Gasteiger partial charge in [0.25, 0.3) is 0 Å². The summed E-state index contributed by atoms with van der Waals surface area (Å²) in [5, 5.41) is 3.32. The molecule has 0 radical (unpaired) electrons. The molecule has 0 rings (SSSR count). The van der Waals surface area contributed by atoms with Crippen molar-refractivity contribution in [3.05, 3.63) is 0 Å². The monoisotopic (exact) mass is 244 g/mol.